The average Bonchev–Trinajstić information content (AvgIpc) is 2.59. The SMILES string of the molecule is COC(=O)c1ccc(Br)cc1CN1CC2(CCN(C(=O)OC(C)(C)C)CC2)C1. The summed E-state index contributed by atoms with van der Waals surface area (Å²) in [4.78, 5) is 28.4. The van der Waals surface area contributed by atoms with Crippen LogP contribution in [-0.4, -0.2) is 60.8 Å². The fourth-order valence-electron chi connectivity index (χ4n) is 4.06. The first-order valence-corrected chi connectivity index (χ1v) is 10.5. The summed E-state index contributed by atoms with van der Waals surface area (Å²) in [6, 6.07) is 5.65. The third-order valence-electron chi connectivity index (χ3n) is 5.46. The number of halogens is 1. The maximum absolute atomic E-state index is 12.2. The predicted octanol–water partition coefficient (Wildman–Crippen LogP) is 4.07. The summed E-state index contributed by atoms with van der Waals surface area (Å²) in [5.41, 5.74) is 1.41. The van der Waals surface area contributed by atoms with Crippen molar-refractivity contribution in [1.82, 2.24) is 9.80 Å². The van der Waals surface area contributed by atoms with Crippen molar-refractivity contribution in [1.29, 1.82) is 0 Å². The molecule has 0 aromatic heterocycles. The van der Waals surface area contributed by atoms with Gasteiger partial charge < -0.3 is 14.4 Å². The molecule has 0 saturated carbocycles. The van der Waals surface area contributed by atoms with Gasteiger partial charge in [-0.25, -0.2) is 9.59 Å². The number of nitrogens with zero attached hydrogens (tertiary/aromatic N) is 2. The van der Waals surface area contributed by atoms with Crippen molar-refractivity contribution in [3.8, 4) is 0 Å². The number of carbonyl (C=O) groups excluding carboxylic acids is 2. The maximum Gasteiger partial charge on any atom is 0.410 e. The van der Waals surface area contributed by atoms with Crippen molar-refractivity contribution in [2.45, 2.75) is 45.8 Å². The minimum atomic E-state index is -0.458. The lowest BCUT2D eigenvalue weighted by Crippen LogP contribution is -2.60. The summed E-state index contributed by atoms with van der Waals surface area (Å²) in [6.45, 7) is 9.87. The third kappa shape index (κ3) is 4.87. The summed E-state index contributed by atoms with van der Waals surface area (Å²) >= 11 is 3.49. The molecule has 2 fully saturated rings. The zero-order chi connectivity index (χ0) is 20.5. The first-order chi connectivity index (χ1) is 13.1. The Morgan fingerprint density at radius 2 is 1.82 bits per heavy atom. The molecule has 0 radical (unpaired) electrons. The van der Waals surface area contributed by atoms with Crippen LogP contribution in [0.25, 0.3) is 0 Å². The number of amides is 1. The molecule has 0 bridgehead atoms. The van der Waals surface area contributed by atoms with Gasteiger partial charge in [0.05, 0.1) is 12.7 Å². The Kier molecular flexibility index (Phi) is 6.05. The second-order valence-electron chi connectivity index (χ2n) is 8.91. The summed E-state index contributed by atoms with van der Waals surface area (Å²) in [7, 11) is 1.41. The number of rotatable bonds is 3. The molecule has 0 atom stereocenters. The van der Waals surface area contributed by atoms with Crippen LogP contribution >= 0.6 is 15.9 Å². The molecule has 2 heterocycles. The standard InChI is InChI=1S/C21H29BrN2O4/c1-20(2,3)28-19(26)24-9-7-21(8-10-24)13-23(14-21)12-15-11-16(22)5-6-17(15)18(25)27-4/h5-6,11H,7-10,12-14H2,1-4H3. The van der Waals surface area contributed by atoms with Crippen LogP contribution in [0.2, 0.25) is 0 Å². The highest BCUT2D eigenvalue weighted by Crippen LogP contribution is 2.41. The van der Waals surface area contributed by atoms with Gasteiger partial charge in [0.15, 0.2) is 0 Å². The normalized spacial score (nSPS) is 19.2. The van der Waals surface area contributed by atoms with E-state index in [0.717, 1.165) is 55.6 Å². The van der Waals surface area contributed by atoms with Gasteiger partial charge in [-0.3, -0.25) is 4.90 Å². The van der Waals surface area contributed by atoms with Gasteiger partial charge in [-0.1, -0.05) is 15.9 Å². The number of esters is 1. The molecule has 7 heteroatoms. The number of carbonyl (C=O) groups is 2. The van der Waals surface area contributed by atoms with E-state index in [1.54, 1.807) is 6.07 Å². The van der Waals surface area contributed by atoms with Gasteiger partial charge in [0.2, 0.25) is 0 Å². The molecule has 0 unspecified atom stereocenters. The number of hydrogen-bond acceptors (Lipinski definition) is 5. The first-order valence-electron chi connectivity index (χ1n) is 9.68. The van der Waals surface area contributed by atoms with Gasteiger partial charge in [0.25, 0.3) is 0 Å². The minimum absolute atomic E-state index is 0.213. The molecule has 1 aromatic carbocycles. The minimum Gasteiger partial charge on any atom is -0.465 e. The lowest BCUT2D eigenvalue weighted by atomic mass is 9.72. The molecule has 1 aromatic rings. The lowest BCUT2D eigenvalue weighted by molar-refractivity contribution is -0.0551. The fraction of sp³-hybridized carbons (Fsp3) is 0.619. The van der Waals surface area contributed by atoms with E-state index in [9.17, 15) is 9.59 Å². The fourth-order valence-corrected chi connectivity index (χ4v) is 4.47. The van der Waals surface area contributed by atoms with Crippen molar-refractivity contribution >= 4 is 28.0 Å². The van der Waals surface area contributed by atoms with Crippen molar-refractivity contribution in [2.24, 2.45) is 5.41 Å². The molecule has 6 nitrogen and oxygen atoms in total. The summed E-state index contributed by atoms with van der Waals surface area (Å²) in [5.74, 6) is -0.302. The lowest BCUT2D eigenvalue weighted by Gasteiger charge is -2.54. The van der Waals surface area contributed by atoms with E-state index >= 15 is 0 Å². The number of methoxy groups -OCH3 is 1. The molecule has 28 heavy (non-hydrogen) atoms. The van der Waals surface area contributed by atoms with Crippen molar-refractivity contribution in [2.75, 3.05) is 33.3 Å². The van der Waals surface area contributed by atoms with Gasteiger partial charge in [-0.15, -0.1) is 0 Å². The van der Waals surface area contributed by atoms with Crippen LogP contribution in [0, 0.1) is 5.41 Å². The smallest absolute Gasteiger partial charge is 0.410 e. The van der Waals surface area contributed by atoms with E-state index in [1.807, 2.05) is 37.8 Å². The van der Waals surface area contributed by atoms with Crippen LogP contribution < -0.4 is 0 Å². The zero-order valence-corrected chi connectivity index (χ0v) is 18.7. The Bertz CT molecular complexity index is 743. The number of piperidine rings is 1. The number of benzene rings is 1. The van der Waals surface area contributed by atoms with E-state index < -0.39 is 5.60 Å². The van der Waals surface area contributed by atoms with Crippen LogP contribution in [0.4, 0.5) is 4.79 Å². The highest BCUT2D eigenvalue weighted by atomic mass is 79.9. The molecule has 0 N–H and O–H groups in total. The molecule has 1 amide bonds. The molecule has 0 aliphatic carbocycles. The summed E-state index contributed by atoms with van der Waals surface area (Å²) in [6.07, 6.45) is 1.77. The van der Waals surface area contributed by atoms with Crippen LogP contribution in [0.3, 0.4) is 0 Å². The zero-order valence-electron chi connectivity index (χ0n) is 17.1. The van der Waals surface area contributed by atoms with E-state index in [2.05, 4.69) is 20.8 Å². The topological polar surface area (TPSA) is 59.1 Å². The van der Waals surface area contributed by atoms with Crippen LogP contribution in [0.15, 0.2) is 22.7 Å². The summed E-state index contributed by atoms with van der Waals surface area (Å²) < 4.78 is 11.3. The Morgan fingerprint density at radius 1 is 1.18 bits per heavy atom. The van der Waals surface area contributed by atoms with E-state index in [1.165, 1.54) is 7.11 Å². The molecular formula is C21H29BrN2O4. The number of ether oxygens (including phenoxy) is 2. The largest absolute Gasteiger partial charge is 0.465 e. The van der Waals surface area contributed by atoms with Crippen LogP contribution in [0.5, 0.6) is 0 Å². The summed E-state index contributed by atoms with van der Waals surface area (Å²) in [5, 5.41) is 0. The molecule has 2 aliphatic rings. The highest BCUT2D eigenvalue weighted by Gasteiger charge is 2.45. The second kappa shape index (κ2) is 8.03. The molecule has 3 rings (SSSR count). The molecule has 2 aliphatic heterocycles. The van der Waals surface area contributed by atoms with Crippen molar-refractivity contribution < 1.29 is 19.1 Å². The van der Waals surface area contributed by atoms with Crippen LogP contribution in [0.1, 0.15) is 49.5 Å². The molecule has 1 spiro atoms. The van der Waals surface area contributed by atoms with Gasteiger partial charge in [-0.05, 0) is 62.8 Å². The van der Waals surface area contributed by atoms with E-state index in [-0.39, 0.29) is 17.5 Å². The predicted molar refractivity (Wildman–Crippen MR) is 110 cm³/mol. The first kappa shape index (κ1) is 21.1. The number of hydrogen-bond donors (Lipinski definition) is 0. The van der Waals surface area contributed by atoms with Crippen LogP contribution in [-0.2, 0) is 16.0 Å². The van der Waals surface area contributed by atoms with Gasteiger partial charge >= 0.3 is 12.1 Å². The average molecular weight is 453 g/mol. The number of likely N-dealkylation sites (tertiary alicyclic amines) is 2. The van der Waals surface area contributed by atoms with Gasteiger partial charge in [0, 0.05) is 37.2 Å². The Labute approximate surface area is 175 Å². The molecule has 154 valence electrons. The van der Waals surface area contributed by atoms with Gasteiger partial charge in [0.1, 0.15) is 5.60 Å². The quantitative estimate of drug-likeness (QED) is 0.646. The van der Waals surface area contributed by atoms with Crippen molar-refractivity contribution in [3.63, 3.8) is 0 Å². The highest BCUT2D eigenvalue weighted by molar-refractivity contribution is 9.10. The molecular weight excluding hydrogens is 424 g/mol. The third-order valence-corrected chi connectivity index (χ3v) is 5.95. The monoisotopic (exact) mass is 452 g/mol. The second-order valence-corrected chi connectivity index (χ2v) is 9.82. The van der Waals surface area contributed by atoms with E-state index in [4.69, 9.17) is 9.47 Å². The van der Waals surface area contributed by atoms with Crippen molar-refractivity contribution in [3.05, 3.63) is 33.8 Å². The Balaban J connectivity index is 1.54. The molecule has 2 saturated heterocycles. The maximum atomic E-state index is 12.2. The Morgan fingerprint density at radius 3 is 2.39 bits per heavy atom. The Hall–Kier alpha value is -1.60. The van der Waals surface area contributed by atoms with Gasteiger partial charge in [-0.2, -0.15) is 0 Å². The van der Waals surface area contributed by atoms with E-state index in [0.29, 0.717) is 5.56 Å².